The molecule has 1 aromatic rings. The first-order valence-electron chi connectivity index (χ1n) is 5.37. The highest BCUT2D eigenvalue weighted by Crippen LogP contribution is 2.28. The Balaban J connectivity index is 2.71. The van der Waals surface area contributed by atoms with Crippen molar-refractivity contribution in [2.24, 2.45) is 5.73 Å². The Kier molecular flexibility index (Phi) is 5.08. The lowest BCUT2D eigenvalue weighted by molar-refractivity contribution is 0.202. The molecule has 1 rings (SSSR count). The number of benzene rings is 1. The minimum atomic E-state index is -0.365. The number of hydrogen-bond acceptors (Lipinski definition) is 4. The number of nitrogens with two attached hydrogens (primary N) is 1. The van der Waals surface area contributed by atoms with E-state index in [4.69, 9.17) is 20.3 Å². The fourth-order valence-corrected chi connectivity index (χ4v) is 1.30. The maximum Gasteiger partial charge on any atom is 0.161 e. The predicted octanol–water partition coefficient (Wildman–Crippen LogP) is 0.956. The van der Waals surface area contributed by atoms with Gasteiger partial charge in [-0.15, -0.1) is 0 Å². The van der Waals surface area contributed by atoms with Gasteiger partial charge in [0.2, 0.25) is 0 Å². The Morgan fingerprint density at radius 3 is 2.69 bits per heavy atom. The molecule has 0 saturated carbocycles. The van der Waals surface area contributed by atoms with Crippen molar-refractivity contribution in [3.05, 3.63) is 23.8 Å². The van der Waals surface area contributed by atoms with Crippen LogP contribution >= 0.6 is 0 Å². The summed E-state index contributed by atoms with van der Waals surface area (Å²) in [6.45, 7) is 2.27. The third kappa shape index (κ3) is 3.40. The normalized spacial score (nSPS) is 12.2. The van der Waals surface area contributed by atoms with Gasteiger partial charge >= 0.3 is 0 Å². The molecule has 0 aliphatic carbocycles. The van der Waals surface area contributed by atoms with Crippen LogP contribution in [-0.2, 0) is 6.42 Å². The molecule has 4 heteroatoms. The number of hydrogen-bond donors (Lipinski definition) is 2. The molecule has 16 heavy (non-hydrogen) atoms. The zero-order valence-electron chi connectivity index (χ0n) is 9.77. The van der Waals surface area contributed by atoms with Crippen molar-refractivity contribution in [2.45, 2.75) is 19.4 Å². The summed E-state index contributed by atoms with van der Waals surface area (Å²) < 4.78 is 10.7. The molecule has 1 atom stereocenters. The van der Waals surface area contributed by atoms with Crippen molar-refractivity contribution in [1.82, 2.24) is 0 Å². The first kappa shape index (κ1) is 12.8. The minimum absolute atomic E-state index is 0.0879. The summed E-state index contributed by atoms with van der Waals surface area (Å²) >= 11 is 0. The summed E-state index contributed by atoms with van der Waals surface area (Å²) in [4.78, 5) is 0. The summed E-state index contributed by atoms with van der Waals surface area (Å²) in [5.74, 6) is 1.35. The van der Waals surface area contributed by atoms with Crippen LogP contribution < -0.4 is 15.2 Å². The zero-order valence-corrected chi connectivity index (χ0v) is 9.77. The van der Waals surface area contributed by atoms with Crippen LogP contribution in [0.1, 0.15) is 12.5 Å². The van der Waals surface area contributed by atoms with Gasteiger partial charge in [0.1, 0.15) is 6.61 Å². The lowest BCUT2D eigenvalue weighted by Crippen LogP contribution is -2.31. The van der Waals surface area contributed by atoms with Crippen molar-refractivity contribution < 1.29 is 14.6 Å². The first-order valence-corrected chi connectivity index (χ1v) is 5.37. The lowest BCUT2D eigenvalue weighted by Gasteiger charge is -2.14. The third-order valence-corrected chi connectivity index (χ3v) is 2.32. The predicted molar refractivity (Wildman–Crippen MR) is 62.9 cm³/mol. The van der Waals surface area contributed by atoms with Gasteiger partial charge in [0, 0.05) is 0 Å². The standard InChI is InChI=1S/C12H19NO3/c1-3-9-4-5-11(12(6-9)15-2)16-8-10(13)7-14/h4-6,10,14H,3,7-8,13H2,1-2H3. The van der Waals surface area contributed by atoms with E-state index < -0.39 is 0 Å². The van der Waals surface area contributed by atoms with Crippen LogP contribution in [0.3, 0.4) is 0 Å². The molecule has 0 fully saturated rings. The summed E-state index contributed by atoms with van der Waals surface area (Å²) in [7, 11) is 1.60. The number of aliphatic hydroxyl groups excluding tert-OH is 1. The Bertz CT molecular complexity index is 328. The molecular formula is C12H19NO3. The fraction of sp³-hybridized carbons (Fsp3) is 0.500. The monoisotopic (exact) mass is 225 g/mol. The van der Waals surface area contributed by atoms with E-state index in [-0.39, 0.29) is 19.3 Å². The van der Waals surface area contributed by atoms with Gasteiger partial charge in [-0.2, -0.15) is 0 Å². The molecule has 0 saturated heterocycles. The van der Waals surface area contributed by atoms with Crippen LogP contribution in [0, 0.1) is 0 Å². The molecule has 4 nitrogen and oxygen atoms in total. The van der Waals surface area contributed by atoms with Gasteiger partial charge in [0.15, 0.2) is 11.5 Å². The van der Waals surface area contributed by atoms with E-state index in [1.165, 1.54) is 5.56 Å². The molecule has 3 N–H and O–H groups in total. The van der Waals surface area contributed by atoms with Crippen molar-refractivity contribution >= 4 is 0 Å². The summed E-state index contributed by atoms with van der Waals surface area (Å²) in [6, 6.07) is 5.43. The number of methoxy groups -OCH3 is 1. The molecule has 0 spiro atoms. The molecule has 0 aliphatic heterocycles. The van der Waals surface area contributed by atoms with Gasteiger partial charge in [-0.05, 0) is 24.1 Å². The smallest absolute Gasteiger partial charge is 0.161 e. The van der Waals surface area contributed by atoms with Gasteiger partial charge in [-0.3, -0.25) is 0 Å². The van der Waals surface area contributed by atoms with E-state index in [2.05, 4.69) is 6.92 Å². The average molecular weight is 225 g/mol. The van der Waals surface area contributed by atoms with Crippen LogP contribution in [0.15, 0.2) is 18.2 Å². The van der Waals surface area contributed by atoms with Crippen molar-refractivity contribution in [3.63, 3.8) is 0 Å². The second-order valence-corrected chi connectivity index (χ2v) is 3.59. The van der Waals surface area contributed by atoms with E-state index >= 15 is 0 Å². The van der Waals surface area contributed by atoms with Gasteiger partial charge in [0.05, 0.1) is 19.8 Å². The van der Waals surface area contributed by atoms with Crippen LogP contribution in [0.2, 0.25) is 0 Å². The van der Waals surface area contributed by atoms with Crippen molar-refractivity contribution in [3.8, 4) is 11.5 Å². The second-order valence-electron chi connectivity index (χ2n) is 3.59. The van der Waals surface area contributed by atoms with Gasteiger partial charge in [0.25, 0.3) is 0 Å². The van der Waals surface area contributed by atoms with E-state index in [1.807, 2.05) is 18.2 Å². The maximum absolute atomic E-state index is 8.79. The maximum atomic E-state index is 8.79. The van der Waals surface area contributed by atoms with E-state index in [0.29, 0.717) is 11.5 Å². The Morgan fingerprint density at radius 2 is 2.12 bits per heavy atom. The first-order chi connectivity index (χ1) is 7.71. The number of ether oxygens (including phenoxy) is 2. The Morgan fingerprint density at radius 1 is 1.38 bits per heavy atom. The fourth-order valence-electron chi connectivity index (χ4n) is 1.30. The molecule has 0 aliphatic rings. The molecule has 0 amide bonds. The van der Waals surface area contributed by atoms with Crippen LogP contribution in [0.4, 0.5) is 0 Å². The largest absolute Gasteiger partial charge is 0.493 e. The highest BCUT2D eigenvalue weighted by molar-refractivity contribution is 5.42. The highest BCUT2D eigenvalue weighted by Gasteiger charge is 2.07. The summed E-state index contributed by atoms with van der Waals surface area (Å²) in [6.07, 6.45) is 0.951. The molecular weight excluding hydrogens is 206 g/mol. The molecule has 0 radical (unpaired) electrons. The molecule has 1 aromatic carbocycles. The molecule has 1 unspecified atom stereocenters. The van der Waals surface area contributed by atoms with Gasteiger partial charge in [-0.1, -0.05) is 13.0 Å². The van der Waals surface area contributed by atoms with E-state index in [9.17, 15) is 0 Å². The Labute approximate surface area is 96.0 Å². The summed E-state index contributed by atoms with van der Waals surface area (Å²) in [5.41, 5.74) is 6.74. The molecule has 0 aromatic heterocycles. The second kappa shape index (κ2) is 6.35. The SMILES string of the molecule is CCc1ccc(OCC(N)CO)c(OC)c1. The minimum Gasteiger partial charge on any atom is -0.493 e. The summed E-state index contributed by atoms with van der Waals surface area (Å²) in [5, 5.41) is 8.79. The molecule has 90 valence electrons. The molecule has 0 bridgehead atoms. The zero-order chi connectivity index (χ0) is 12.0. The van der Waals surface area contributed by atoms with Crippen molar-refractivity contribution in [1.29, 1.82) is 0 Å². The highest BCUT2D eigenvalue weighted by atomic mass is 16.5. The van der Waals surface area contributed by atoms with Gasteiger partial charge < -0.3 is 20.3 Å². The quantitative estimate of drug-likeness (QED) is 0.756. The number of rotatable bonds is 6. The van der Waals surface area contributed by atoms with Gasteiger partial charge in [-0.25, -0.2) is 0 Å². The lowest BCUT2D eigenvalue weighted by atomic mass is 10.1. The Hall–Kier alpha value is -1.26. The number of aliphatic hydroxyl groups is 1. The van der Waals surface area contributed by atoms with E-state index in [0.717, 1.165) is 6.42 Å². The number of aryl methyl sites for hydroxylation is 1. The third-order valence-electron chi connectivity index (χ3n) is 2.32. The van der Waals surface area contributed by atoms with Crippen LogP contribution in [0.5, 0.6) is 11.5 Å². The molecule has 0 heterocycles. The van der Waals surface area contributed by atoms with E-state index in [1.54, 1.807) is 7.11 Å². The van der Waals surface area contributed by atoms with Crippen LogP contribution in [-0.4, -0.2) is 31.5 Å². The topological polar surface area (TPSA) is 64.7 Å². The van der Waals surface area contributed by atoms with Crippen molar-refractivity contribution in [2.75, 3.05) is 20.3 Å². The average Bonchev–Trinajstić information content (AvgIpc) is 2.35. The van der Waals surface area contributed by atoms with Crippen LogP contribution in [0.25, 0.3) is 0 Å².